The molecule has 176 valence electrons. The van der Waals surface area contributed by atoms with E-state index in [1.165, 1.54) is 35.6 Å². The van der Waals surface area contributed by atoms with Crippen LogP contribution in [0.1, 0.15) is 27.9 Å². The Morgan fingerprint density at radius 2 is 1.91 bits per heavy atom. The molecule has 1 amide bonds. The topological polar surface area (TPSA) is 97.6 Å². The summed E-state index contributed by atoms with van der Waals surface area (Å²) in [5.41, 5.74) is 1.02. The van der Waals surface area contributed by atoms with Crippen molar-refractivity contribution in [1.82, 2.24) is 4.57 Å². The van der Waals surface area contributed by atoms with E-state index in [0.717, 1.165) is 16.6 Å². The first-order chi connectivity index (χ1) is 15.5. The van der Waals surface area contributed by atoms with Crippen molar-refractivity contribution in [3.8, 4) is 5.75 Å². The van der Waals surface area contributed by atoms with Gasteiger partial charge in [-0.25, -0.2) is 0 Å². The Bertz CT molecular complexity index is 1220. The van der Waals surface area contributed by atoms with Crippen LogP contribution in [0.25, 0.3) is 10.9 Å². The summed E-state index contributed by atoms with van der Waals surface area (Å²) < 4.78 is 43.1. The van der Waals surface area contributed by atoms with Crippen LogP contribution < -0.4 is 10.1 Å². The minimum absolute atomic E-state index is 0.0880. The van der Waals surface area contributed by atoms with Gasteiger partial charge in [0.15, 0.2) is 0 Å². The summed E-state index contributed by atoms with van der Waals surface area (Å²) in [6.07, 6.45) is -4.20. The zero-order valence-electron chi connectivity index (χ0n) is 17.5. The molecule has 7 nitrogen and oxygen atoms in total. The molecule has 33 heavy (non-hydrogen) atoms. The number of hydrogen-bond donors (Lipinski definition) is 2. The first-order valence-electron chi connectivity index (χ1n) is 9.60. The molecule has 0 aliphatic carbocycles. The van der Waals surface area contributed by atoms with Crippen molar-refractivity contribution in [1.29, 1.82) is 0 Å². The number of alkyl halides is 3. The van der Waals surface area contributed by atoms with E-state index in [2.05, 4.69) is 10.1 Å². The average molecular weight is 501 g/mol. The van der Waals surface area contributed by atoms with Crippen molar-refractivity contribution >= 4 is 56.7 Å². The number of ketones is 1. The van der Waals surface area contributed by atoms with Gasteiger partial charge in [-0.05, 0) is 36.8 Å². The Morgan fingerprint density at radius 1 is 1.18 bits per heavy atom. The van der Waals surface area contributed by atoms with Gasteiger partial charge in [0.05, 0.1) is 22.8 Å². The lowest BCUT2D eigenvalue weighted by Gasteiger charge is -2.09. The molecule has 1 aromatic carbocycles. The Labute approximate surface area is 194 Å². The van der Waals surface area contributed by atoms with Gasteiger partial charge in [-0.2, -0.15) is 0 Å². The molecule has 0 aliphatic heterocycles. The minimum atomic E-state index is -4.83. The van der Waals surface area contributed by atoms with Gasteiger partial charge in [-0.15, -0.1) is 36.3 Å². The standard InChI is InChI=1S/C21H19F3N2O5S2/c1-3-13-8-14(20(33-13)25-17(27)9-32-10-18(28)29)19(30)16-7-11-6-12(31-21(22,23)24)4-5-15(11)26(16)2/h4-8H,3,9-10H2,1-2H3,(H,25,27)(H,28,29). The number of nitrogens with zero attached hydrogens (tertiary/aromatic N) is 1. The number of nitrogens with one attached hydrogen (secondary N) is 1. The molecule has 0 fully saturated rings. The molecule has 0 atom stereocenters. The average Bonchev–Trinajstić information content (AvgIpc) is 3.26. The normalized spacial score (nSPS) is 11.5. The lowest BCUT2D eigenvalue weighted by molar-refractivity contribution is -0.274. The van der Waals surface area contributed by atoms with E-state index in [0.29, 0.717) is 22.3 Å². The first-order valence-corrected chi connectivity index (χ1v) is 11.6. The number of fused-ring (bicyclic) bond motifs is 1. The van der Waals surface area contributed by atoms with Gasteiger partial charge in [-0.3, -0.25) is 14.4 Å². The molecule has 2 N–H and O–H groups in total. The number of rotatable bonds is 9. The van der Waals surface area contributed by atoms with E-state index in [1.807, 2.05) is 6.92 Å². The Hall–Kier alpha value is -2.99. The van der Waals surface area contributed by atoms with E-state index < -0.39 is 29.8 Å². The van der Waals surface area contributed by atoms with E-state index in [9.17, 15) is 27.6 Å². The highest BCUT2D eigenvalue weighted by molar-refractivity contribution is 8.00. The van der Waals surface area contributed by atoms with E-state index >= 15 is 0 Å². The number of amides is 1. The van der Waals surface area contributed by atoms with E-state index in [4.69, 9.17) is 5.11 Å². The van der Waals surface area contributed by atoms with Crippen LogP contribution in [-0.4, -0.2) is 45.2 Å². The van der Waals surface area contributed by atoms with Crippen LogP contribution in [-0.2, 0) is 23.1 Å². The highest BCUT2D eigenvalue weighted by Gasteiger charge is 2.31. The zero-order chi connectivity index (χ0) is 24.3. The second-order valence-electron chi connectivity index (χ2n) is 6.93. The molecular weight excluding hydrogens is 481 g/mol. The van der Waals surface area contributed by atoms with Gasteiger partial charge in [0, 0.05) is 22.8 Å². The van der Waals surface area contributed by atoms with Crippen LogP contribution in [0.2, 0.25) is 0 Å². The van der Waals surface area contributed by atoms with Gasteiger partial charge in [0.25, 0.3) is 0 Å². The summed E-state index contributed by atoms with van der Waals surface area (Å²) in [6.45, 7) is 1.90. The minimum Gasteiger partial charge on any atom is -0.481 e. The molecule has 0 aliphatic rings. The highest BCUT2D eigenvalue weighted by Crippen LogP contribution is 2.33. The molecule has 3 aromatic rings. The fraction of sp³-hybridized carbons (Fsp3) is 0.286. The van der Waals surface area contributed by atoms with Crippen LogP contribution in [0, 0.1) is 0 Å². The maximum atomic E-state index is 13.3. The predicted octanol–water partition coefficient (Wildman–Crippen LogP) is 4.69. The summed E-state index contributed by atoms with van der Waals surface area (Å²) in [6, 6.07) is 6.94. The predicted molar refractivity (Wildman–Crippen MR) is 120 cm³/mol. The number of anilines is 1. The van der Waals surface area contributed by atoms with E-state index in [-0.39, 0.29) is 22.8 Å². The number of thioether (sulfide) groups is 1. The zero-order valence-corrected chi connectivity index (χ0v) is 19.1. The van der Waals surface area contributed by atoms with Crippen LogP contribution >= 0.6 is 23.1 Å². The summed E-state index contributed by atoms with van der Waals surface area (Å²) in [7, 11) is 1.62. The number of hydrogen-bond acceptors (Lipinski definition) is 6. The van der Waals surface area contributed by atoms with Crippen LogP contribution in [0.15, 0.2) is 30.3 Å². The van der Waals surface area contributed by atoms with Gasteiger partial charge in [-0.1, -0.05) is 6.92 Å². The molecule has 0 spiro atoms. The van der Waals surface area contributed by atoms with Crippen molar-refractivity contribution in [2.24, 2.45) is 7.05 Å². The second-order valence-corrected chi connectivity index (χ2v) is 9.05. The Morgan fingerprint density at radius 3 is 2.55 bits per heavy atom. The quantitative estimate of drug-likeness (QED) is 0.414. The number of halogens is 3. The van der Waals surface area contributed by atoms with Crippen LogP contribution in [0.5, 0.6) is 5.75 Å². The summed E-state index contributed by atoms with van der Waals surface area (Å²) in [4.78, 5) is 37.0. The largest absolute Gasteiger partial charge is 0.573 e. The third-order valence-electron chi connectivity index (χ3n) is 4.57. The number of thiophene rings is 1. The number of ether oxygens (including phenoxy) is 1. The third kappa shape index (κ3) is 6.08. The van der Waals surface area contributed by atoms with Crippen molar-refractivity contribution in [3.63, 3.8) is 0 Å². The second kappa shape index (κ2) is 9.87. The molecule has 2 aromatic heterocycles. The van der Waals surface area contributed by atoms with Gasteiger partial charge in [0.2, 0.25) is 11.7 Å². The summed E-state index contributed by atoms with van der Waals surface area (Å²) in [5, 5.41) is 12.1. The maximum Gasteiger partial charge on any atom is 0.573 e. The Kier molecular flexibility index (Phi) is 7.38. The smallest absolute Gasteiger partial charge is 0.481 e. The fourth-order valence-corrected chi connectivity index (χ4v) is 4.70. The fourth-order valence-electron chi connectivity index (χ4n) is 3.15. The molecule has 12 heteroatoms. The highest BCUT2D eigenvalue weighted by atomic mass is 32.2. The molecule has 0 radical (unpaired) electrons. The summed E-state index contributed by atoms with van der Waals surface area (Å²) >= 11 is 2.17. The van der Waals surface area contributed by atoms with Crippen molar-refractivity contribution < 1.29 is 37.4 Å². The number of aromatic nitrogens is 1. The monoisotopic (exact) mass is 500 g/mol. The van der Waals surface area contributed by atoms with Crippen molar-refractivity contribution in [3.05, 3.63) is 46.5 Å². The van der Waals surface area contributed by atoms with Gasteiger partial charge < -0.3 is 19.7 Å². The maximum absolute atomic E-state index is 13.3. The summed E-state index contributed by atoms with van der Waals surface area (Å²) in [5.74, 6) is -2.58. The Balaban J connectivity index is 1.89. The van der Waals surface area contributed by atoms with Crippen LogP contribution in [0.3, 0.4) is 0 Å². The van der Waals surface area contributed by atoms with Gasteiger partial charge >= 0.3 is 12.3 Å². The first kappa shape index (κ1) is 24.6. The van der Waals surface area contributed by atoms with Crippen molar-refractivity contribution in [2.45, 2.75) is 19.7 Å². The molecule has 0 bridgehead atoms. The van der Waals surface area contributed by atoms with E-state index in [1.54, 1.807) is 17.7 Å². The molecule has 2 heterocycles. The lowest BCUT2D eigenvalue weighted by Crippen LogP contribution is -2.17. The number of benzene rings is 1. The number of aryl methyl sites for hydroxylation is 2. The van der Waals surface area contributed by atoms with Gasteiger partial charge in [0.1, 0.15) is 10.8 Å². The number of carbonyl (C=O) groups is 3. The number of carboxylic acids is 1. The molecule has 0 saturated heterocycles. The molecule has 0 saturated carbocycles. The number of carboxylic acid groups (broad SMARTS) is 1. The molecular formula is C21H19F3N2O5S2. The molecule has 3 rings (SSSR count). The van der Waals surface area contributed by atoms with Crippen LogP contribution in [0.4, 0.5) is 18.2 Å². The number of aliphatic carboxylic acids is 1. The molecule has 0 unspecified atom stereocenters. The number of carbonyl (C=O) groups excluding carboxylic acids is 2. The third-order valence-corrected chi connectivity index (χ3v) is 6.68. The lowest BCUT2D eigenvalue weighted by atomic mass is 10.1. The van der Waals surface area contributed by atoms with Crippen molar-refractivity contribution in [2.75, 3.05) is 16.8 Å². The SMILES string of the molecule is CCc1cc(C(=O)c2cc3cc(OC(F)(F)F)ccc3n2C)c(NC(=O)CSCC(=O)O)s1.